The Bertz CT molecular complexity index is 858. The van der Waals surface area contributed by atoms with Gasteiger partial charge >= 0.3 is 0 Å². The van der Waals surface area contributed by atoms with E-state index in [-0.39, 0.29) is 11.2 Å². The molecule has 0 saturated carbocycles. The van der Waals surface area contributed by atoms with Crippen molar-refractivity contribution in [1.82, 2.24) is 0 Å². The molecule has 1 aromatic heterocycles. The highest BCUT2D eigenvalue weighted by Crippen LogP contribution is 2.30. The van der Waals surface area contributed by atoms with Crippen LogP contribution >= 0.6 is 0 Å². The summed E-state index contributed by atoms with van der Waals surface area (Å²) in [7, 11) is 1.49. The molecule has 3 heteroatoms. The Labute approximate surface area is 122 Å². The first-order valence-electron chi connectivity index (χ1n) is 6.78. The summed E-state index contributed by atoms with van der Waals surface area (Å²) >= 11 is 0. The Kier molecular flexibility index (Phi) is 3.26. The molecule has 0 aliphatic carbocycles. The molecule has 0 atom stereocenters. The summed E-state index contributed by atoms with van der Waals surface area (Å²) in [4.78, 5) is 12.6. The predicted octanol–water partition coefficient (Wildman–Crippen LogP) is 4.09. The van der Waals surface area contributed by atoms with Gasteiger partial charge in [-0.2, -0.15) is 0 Å². The van der Waals surface area contributed by atoms with Crippen molar-refractivity contribution >= 4 is 11.0 Å². The van der Waals surface area contributed by atoms with Gasteiger partial charge in [-0.3, -0.25) is 4.79 Å². The average molecular weight is 280 g/mol. The maximum Gasteiger partial charge on any atom is 0.235 e. The van der Waals surface area contributed by atoms with Gasteiger partial charge in [-0.25, -0.2) is 0 Å². The Morgan fingerprint density at radius 2 is 1.62 bits per heavy atom. The largest absolute Gasteiger partial charge is 0.490 e. The van der Waals surface area contributed by atoms with Crippen LogP contribution in [0, 0.1) is 13.8 Å². The van der Waals surface area contributed by atoms with Gasteiger partial charge in [-0.1, -0.05) is 41.5 Å². The van der Waals surface area contributed by atoms with Crippen molar-refractivity contribution in [3.05, 3.63) is 63.8 Å². The molecule has 3 rings (SSSR count). The number of ether oxygens (including phenoxy) is 1. The first-order valence-corrected chi connectivity index (χ1v) is 6.78. The van der Waals surface area contributed by atoms with Gasteiger partial charge in [-0.05, 0) is 26.0 Å². The first kappa shape index (κ1) is 13.4. The number of hydrogen-bond acceptors (Lipinski definition) is 3. The molecule has 2 aromatic carbocycles. The molecule has 0 unspecified atom stereocenters. The van der Waals surface area contributed by atoms with Crippen molar-refractivity contribution < 1.29 is 9.15 Å². The molecule has 106 valence electrons. The average Bonchev–Trinajstić information content (AvgIpc) is 2.48. The lowest BCUT2D eigenvalue weighted by molar-refractivity contribution is 0.398. The van der Waals surface area contributed by atoms with Gasteiger partial charge in [0.25, 0.3) is 0 Å². The van der Waals surface area contributed by atoms with E-state index >= 15 is 0 Å². The van der Waals surface area contributed by atoms with Crippen LogP contribution in [0.3, 0.4) is 0 Å². The Morgan fingerprint density at radius 1 is 0.952 bits per heavy atom. The predicted molar refractivity (Wildman–Crippen MR) is 83.9 cm³/mol. The normalized spacial score (nSPS) is 10.8. The van der Waals surface area contributed by atoms with Gasteiger partial charge in [-0.15, -0.1) is 0 Å². The summed E-state index contributed by atoms with van der Waals surface area (Å²) in [6.45, 7) is 3.96. The molecule has 3 nitrogen and oxygen atoms in total. The lowest BCUT2D eigenvalue weighted by atomic mass is 10.1. The maximum atomic E-state index is 12.6. The molecule has 0 saturated heterocycles. The topological polar surface area (TPSA) is 39.4 Å². The smallest absolute Gasteiger partial charge is 0.235 e. The highest BCUT2D eigenvalue weighted by atomic mass is 16.5. The van der Waals surface area contributed by atoms with Crippen molar-refractivity contribution in [1.29, 1.82) is 0 Å². The zero-order chi connectivity index (χ0) is 15.0. The minimum Gasteiger partial charge on any atom is -0.490 e. The number of aryl methyl sites for hydroxylation is 2. The van der Waals surface area contributed by atoms with E-state index in [9.17, 15) is 4.79 Å². The molecular weight excluding hydrogens is 264 g/mol. The number of methoxy groups -OCH3 is 1. The van der Waals surface area contributed by atoms with E-state index in [1.165, 1.54) is 7.11 Å². The summed E-state index contributed by atoms with van der Waals surface area (Å²) in [5, 5.41) is 0.544. The fraction of sp³-hybridized carbons (Fsp3) is 0.167. The van der Waals surface area contributed by atoms with Crippen molar-refractivity contribution in [2.45, 2.75) is 13.8 Å². The molecule has 0 bridgehead atoms. The second-order valence-electron chi connectivity index (χ2n) is 5.16. The number of fused-ring (bicyclic) bond motifs is 1. The van der Waals surface area contributed by atoms with Crippen molar-refractivity contribution in [2.24, 2.45) is 0 Å². The molecule has 3 aromatic rings. The van der Waals surface area contributed by atoms with Crippen LogP contribution < -0.4 is 10.2 Å². The van der Waals surface area contributed by atoms with Crippen LogP contribution in [0.1, 0.15) is 11.1 Å². The van der Waals surface area contributed by atoms with Gasteiger partial charge in [0.1, 0.15) is 5.58 Å². The lowest BCUT2D eigenvalue weighted by Gasteiger charge is -2.09. The second kappa shape index (κ2) is 5.09. The zero-order valence-electron chi connectivity index (χ0n) is 12.3. The van der Waals surface area contributed by atoms with E-state index < -0.39 is 0 Å². The van der Waals surface area contributed by atoms with Crippen LogP contribution in [0.4, 0.5) is 0 Å². The van der Waals surface area contributed by atoms with Crippen molar-refractivity contribution in [3.63, 3.8) is 0 Å². The van der Waals surface area contributed by atoms with E-state index in [2.05, 4.69) is 0 Å². The van der Waals surface area contributed by atoms with Crippen molar-refractivity contribution in [3.8, 4) is 17.1 Å². The van der Waals surface area contributed by atoms with Gasteiger partial charge in [0.2, 0.25) is 11.2 Å². The van der Waals surface area contributed by atoms with Crippen LogP contribution in [-0.4, -0.2) is 7.11 Å². The molecule has 0 N–H and O–H groups in total. The number of hydrogen-bond donors (Lipinski definition) is 0. The minimum atomic E-state index is -0.141. The van der Waals surface area contributed by atoms with E-state index in [1.54, 1.807) is 0 Å². The van der Waals surface area contributed by atoms with Crippen LogP contribution in [0.15, 0.2) is 51.7 Å². The third-order valence-corrected chi connectivity index (χ3v) is 3.52. The molecule has 0 aliphatic heterocycles. The fourth-order valence-corrected chi connectivity index (χ4v) is 2.37. The molecule has 0 aliphatic rings. The molecule has 0 spiro atoms. The van der Waals surface area contributed by atoms with E-state index in [1.807, 2.05) is 56.3 Å². The Hall–Kier alpha value is -2.55. The van der Waals surface area contributed by atoms with Crippen LogP contribution in [-0.2, 0) is 0 Å². The third-order valence-electron chi connectivity index (χ3n) is 3.52. The van der Waals surface area contributed by atoms with Gasteiger partial charge < -0.3 is 9.15 Å². The van der Waals surface area contributed by atoms with Crippen LogP contribution in [0.2, 0.25) is 0 Å². The van der Waals surface area contributed by atoms with E-state index in [4.69, 9.17) is 9.15 Å². The Balaban J connectivity index is 2.34. The first-order chi connectivity index (χ1) is 10.1. The summed E-state index contributed by atoms with van der Waals surface area (Å²) in [5.74, 6) is 0.718. The minimum absolute atomic E-state index is 0.141. The quantitative estimate of drug-likeness (QED) is 0.710. The molecular formula is C18H16O3. The highest BCUT2D eigenvalue weighted by Gasteiger charge is 2.16. The highest BCUT2D eigenvalue weighted by molar-refractivity contribution is 5.82. The fourth-order valence-electron chi connectivity index (χ4n) is 2.37. The molecule has 0 fully saturated rings. The standard InChI is InChI=1S/C18H16O3/c1-11-4-7-13(8-5-11)17-18(20-3)16(19)14-10-12(2)6-9-15(14)21-17/h4-10H,1-3H3. The van der Waals surface area contributed by atoms with Gasteiger partial charge in [0.05, 0.1) is 12.5 Å². The summed E-state index contributed by atoms with van der Waals surface area (Å²) < 4.78 is 11.2. The lowest BCUT2D eigenvalue weighted by Crippen LogP contribution is -2.07. The molecule has 0 radical (unpaired) electrons. The van der Waals surface area contributed by atoms with Crippen molar-refractivity contribution in [2.75, 3.05) is 7.11 Å². The third kappa shape index (κ3) is 2.31. The van der Waals surface area contributed by atoms with Gasteiger partial charge in [0.15, 0.2) is 5.76 Å². The molecule has 1 heterocycles. The van der Waals surface area contributed by atoms with Crippen LogP contribution in [0.25, 0.3) is 22.3 Å². The number of benzene rings is 2. The molecule has 0 amide bonds. The molecule has 21 heavy (non-hydrogen) atoms. The monoisotopic (exact) mass is 280 g/mol. The van der Waals surface area contributed by atoms with Gasteiger partial charge in [0, 0.05) is 5.56 Å². The number of rotatable bonds is 2. The second-order valence-corrected chi connectivity index (χ2v) is 5.16. The Morgan fingerprint density at radius 3 is 2.29 bits per heavy atom. The van der Waals surface area contributed by atoms with E-state index in [0.29, 0.717) is 16.7 Å². The zero-order valence-corrected chi connectivity index (χ0v) is 12.3. The summed E-state index contributed by atoms with van der Waals surface area (Å²) in [6, 6.07) is 13.4. The van der Waals surface area contributed by atoms with Crippen LogP contribution in [0.5, 0.6) is 5.75 Å². The SMILES string of the molecule is COc1c(-c2ccc(C)cc2)oc2ccc(C)cc2c1=O. The summed E-state index contributed by atoms with van der Waals surface area (Å²) in [5.41, 5.74) is 3.42. The summed E-state index contributed by atoms with van der Waals surface area (Å²) in [6.07, 6.45) is 0. The maximum absolute atomic E-state index is 12.6. The van der Waals surface area contributed by atoms with E-state index in [0.717, 1.165) is 16.7 Å².